The Hall–Kier alpha value is -2.40. The van der Waals surface area contributed by atoms with E-state index in [-0.39, 0.29) is 17.8 Å². The summed E-state index contributed by atoms with van der Waals surface area (Å²) in [4.78, 5) is 16.7. The second kappa shape index (κ2) is 8.53. The molecule has 2 atom stereocenters. The fourth-order valence-corrected chi connectivity index (χ4v) is 3.58. The molecule has 1 fully saturated rings. The summed E-state index contributed by atoms with van der Waals surface area (Å²) in [5.74, 6) is 0.0508. The molecule has 1 amide bonds. The molecule has 5 heteroatoms. The van der Waals surface area contributed by atoms with Crippen LogP contribution in [0.5, 0.6) is 0 Å². The molecule has 0 radical (unpaired) electrons. The lowest BCUT2D eigenvalue weighted by Crippen LogP contribution is -2.40. The van der Waals surface area contributed by atoms with Crippen LogP contribution in [0.25, 0.3) is 0 Å². The second-order valence-electron chi connectivity index (χ2n) is 7.60. The van der Waals surface area contributed by atoms with Gasteiger partial charge in [-0.25, -0.2) is 4.39 Å². The topological polar surface area (TPSA) is 35.6 Å². The third kappa shape index (κ3) is 4.86. The molecule has 0 saturated carbocycles. The van der Waals surface area contributed by atoms with Gasteiger partial charge in [-0.15, -0.1) is 0 Å². The van der Waals surface area contributed by atoms with Gasteiger partial charge in [-0.1, -0.05) is 25.1 Å². The number of anilines is 2. The lowest BCUT2D eigenvalue weighted by atomic mass is 10.1. The first kappa shape index (κ1) is 19.4. The molecule has 0 aliphatic carbocycles. The summed E-state index contributed by atoms with van der Waals surface area (Å²) < 4.78 is 14.7. The van der Waals surface area contributed by atoms with Crippen molar-refractivity contribution in [1.29, 1.82) is 0 Å². The number of likely N-dealkylation sites (N-methyl/N-ethyl adjacent to an activating group) is 1. The minimum atomic E-state index is -0.375. The van der Waals surface area contributed by atoms with Crippen LogP contribution in [-0.2, 0) is 0 Å². The highest BCUT2D eigenvalue weighted by Crippen LogP contribution is 2.23. The van der Waals surface area contributed by atoms with Crippen molar-refractivity contribution in [3.63, 3.8) is 0 Å². The van der Waals surface area contributed by atoms with Gasteiger partial charge in [0, 0.05) is 37.4 Å². The van der Waals surface area contributed by atoms with Gasteiger partial charge in [0.25, 0.3) is 5.91 Å². The SMILES string of the molecule is C[C@H]1CCN(C[C@H](C)N(C)c2ccc(C(=O)Nc3ccccc3)cc2F)C1. The van der Waals surface area contributed by atoms with Crippen LogP contribution in [0.2, 0.25) is 0 Å². The number of hydrogen-bond acceptors (Lipinski definition) is 3. The highest BCUT2D eigenvalue weighted by atomic mass is 19.1. The minimum absolute atomic E-state index is 0.189. The number of benzene rings is 2. The van der Waals surface area contributed by atoms with Gasteiger partial charge in [0.2, 0.25) is 0 Å². The number of likely N-dealkylation sites (tertiary alicyclic amines) is 1. The lowest BCUT2D eigenvalue weighted by molar-refractivity contribution is 0.102. The summed E-state index contributed by atoms with van der Waals surface area (Å²) >= 11 is 0. The molecule has 0 bridgehead atoms. The fraction of sp³-hybridized carbons (Fsp3) is 0.409. The molecule has 144 valence electrons. The van der Waals surface area contributed by atoms with Gasteiger partial charge in [-0.3, -0.25) is 4.79 Å². The molecule has 1 aliphatic heterocycles. The van der Waals surface area contributed by atoms with Gasteiger partial charge in [0.15, 0.2) is 0 Å². The maximum atomic E-state index is 14.7. The first-order valence-electron chi connectivity index (χ1n) is 9.55. The average Bonchev–Trinajstić information content (AvgIpc) is 3.06. The van der Waals surface area contributed by atoms with E-state index in [1.165, 1.54) is 12.5 Å². The standard InChI is InChI=1S/C22H28FN3O/c1-16-11-12-26(14-16)15-17(2)25(3)21-10-9-18(13-20(21)23)22(27)24-19-7-5-4-6-8-19/h4-10,13,16-17H,11-12,14-15H2,1-3H3,(H,24,27)/t16-,17-/m0/s1. The Morgan fingerprint density at radius 2 is 2.04 bits per heavy atom. The van der Waals surface area contributed by atoms with Crippen LogP contribution < -0.4 is 10.2 Å². The average molecular weight is 369 g/mol. The summed E-state index contributed by atoms with van der Waals surface area (Å²) in [6.45, 7) is 7.52. The van der Waals surface area contributed by atoms with Crippen LogP contribution in [0.1, 0.15) is 30.6 Å². The number of halogens is 1. The molecule has 4 nitrogen and oxygen atoms in total. The first-order chi connectivity index (χ1) is 12.9. The van der Waals surface area contributed by atoms with Gasteiger partial charge < -0.3 is 15.1 Å². The molecule has 2 aromatic rings. The Morgan fingerprint density at radius 3 is 2.67 bits per heavy atom. The van der Waals surface area contributed by atoms with E-state index in [0.717, 1.165) is 25.6 Å². The van der Waals surface area contributed by atoms with Crippen molar-refractivity contribution < 1.29 is 9.18 Å². The third-order valence-corrected chi connectivity index (χ3v) is 5.31. The molecular weight excluding hydrogens is 341 g/mol. The van der Waals surface area contributed by atoms with E-state index in [0.29, 0.717) is 16.9 Å². The number of amides is 1. The zero-order valence-electron chi connectivity index (χ0n) is 16.3. The minimum Gasteiger partial charge on any atom is -0.368 e. The van der Waals surface area contributed by atoms with Crippen LogP contribution in [-0.4, -0.2) is 43.5 Å². The smallest absolute Gasteiger partial charge is 0.255 e. The van der Waals surface area contributed by atoms with Gasteiger partial charge in [0.05, 0.1) is 5.69 Å². The summed E-state index contributed by atoms with van der Waals surface area (Å²) in [7, 11) is 1.91. The number of carbonyl (C=O) groups excluding carboxylic acids is 1. The van der Waals surface area contributed by atoms with Crippen LogP contribution in [0.3, 0.4) is 0 Å². The maximum Gasteiger partial charge on any atom is 0.255 e. The predicted octanol–water partition coefficient (Wildman–Crippen LogP) is 4.24. The fourth-order valence-electron chi connectivity index (χ4n) is 3.58. The Balaban J connectivity index is 1.65. The summed E-state index contributed by atoms with van der Waals surface area (Å²) in [6.07, 6.45) is 1.23. The van der Waals surface area contributed by atoms with Gasteiger partial charge in [-0.2, -0.15) is 0 Å². The van der Waals surface area contributed by atoms with Crippen LogP contribution in [0.15, 0.2) is 48.5 Å². The van der Waals surface area contributed by atoms with Gasteiger partial charge in [0.1, 0.15) is 5.82 Å². The number of nitrogens with one attached hydrogen (secondary N) is 1. The number of rotatable bonds is 6. The monoisotopic (exact) mass is 369 g/mol. The van der Waals surface area contributed by atoms with E-state index < -0.39 is 0 Å². The van der Waals surface area contributed by atoms with Crippen molar-refractivity contribution in [2.75, 3.05) is 36.9 Å². The summed E-state index contributed by atoms with van der Waals surface area (Å²) in [5.41, 5.74) is 1.53. The van der Waals surface area contributed by atoms with E-state index >= 15 is 0 Å². The van der Waals surface area contributed by atoms with Crippen molar-refractivity contribution >= 4 is 17.3 Å². The van der Waals surface area contributed by atoms with E-state index in [9.17, 15) is 9.18 Å². The molecule has 27 heavy (non-hydrogen) atoms. The Bertz CT molecular complexity index is 780. The molecule has 1 saturated heterocycles. The zero-order chi connectivity index (χ0) is 19.4. The molecule has 0 aromatic heterocycles. The highest BCUT2D eigenvalue weighted by molar-refractivity contribution is 6.04. The quantitative estimate of drug-likeness (QED) is 0.827. The van der Waals surface area contributed by atoms with E-state index in [1.807, 2.05) is 30.1 Å². The van der Waals surface area contributed by atoms with Crippen LogP contribution in [0, 0.1) is 11.7 Å². The Labute approximate surface area is 161 Å². The van der Waals surface area contributed by atoms with Crippen molar-refractivity contribution in [3.8, 4) is 0 Å². The largest absolute Gasteiger partial charge is 0.368 e. The van der Waals surface area contributed by atoms with E-state index in [4.69, 9.17) is 0 Å². The number of hydrogen-bond donors (Lipinski definition) is 1. The Morgan fingerprint density at radius 1 is 1.30 bits per heavy atom. The van der Waals surface area contributed by atoms with Gasteiger partial charge >= 0.3 is 0 Å². The molecule has 1 heterocycles. The molecule has 2 aromatic carbocycles. The van der Waals surface area contributed by atoms with Crippen molar-refractivity contribution in [3.05, 3.63) is 59.9 Å². The van der Waals surface area contributed by atoms with Gasteiger partial charge in [-0.05, 0) is 56.1 Å². The van der Waals surface area contributed by atoms with Crippen LogP contribution in [0.4, 0.5) is 15.8 Å². The maximum absolute atomic E-state index is 14.7. The zero-order valence-corrected chi connectivity index (χ0v) is 16.3. The molecule has 0 unspecified atom stereocenters. The van der Waals surface area contributed by atoms with E-state index in [2.05, 4.69) is 24.1 Å². The first-order valence-corrected chi connectivity index (χ1v) is 9.55. The molecular formula is C22H28FN3O. The normalized spacial score (nSPS) is 18.3. The molecule has 3 rings (SSSR count). The lowest BCUT2D eigenvalue weighted by Gasteiger charge is -2.31. The second-order valence-corrected chi connectivity index (χ2v) is 7.60. The molecule has 0 spiro atoms. The van der Waals surface area contributed by atoms with Crippen molar-refractivity contribution in [2.24, 2.45) is 5.92 Å². The molecule has 1 aliphatic rings. The van der Waals surface area contributed by atoms with Crippen molar-refractivity contribution in [2.45, 2.75) is 26.3 Å². The van der Waals surface area contributed by atoms with E-state index in [1.54, 1.807) is 24.3 Å². The third-order valence-electron chi connectivity index (χ3n) is 5.31. The number of para-hydroxylation sites is 1. The number of carbonyl (C=O) groups is 1. The predicted molar refractivity (Wildman–Crippen MR) is 109 cm³/mol. The van der Waals surface area contributed by atoms with Crippen molar-refractivity contribution in [1.82, 2.24) is 4.90 Å². The highest BCUT2D eigenvalue weighted by Gasteiger charge is 2.23. The summed E-state index contributed by atoms with van der Waals surface area (Å²) in [6, 6.07) is 14.0. The molecule has 1 N–H and O–H groups in total. The Kier molecular flexibility index (Phi) is 6.11. The summed E-state index contributed by atoms with van der Waals surface area (Å²) in [5, 5.41) is 2.78. The van der Waals surface area contributed by atoms with Crippen LogP contribution >= 0.6 is 0 Å². The number of nitrogens with zero attached hydrogens (tertiary/aromatic N) is 2.